The molecule has 1 atom stereocenters. The number of fused-ring (bicyclic) bond motifs is 1. The van der Waals surface area contributed by atoms with Crippen molar-refractivity contribution in [2.75, 3.05) is 6.61 Å². The van der Waals surface area contributed by atoms with Crippen LogP contribution in [0.4, 0.5) is 4.39 Å². The normalized spacial score (nSPS) is 17.6. The standard InChI is InChI=1S/C16H16FNO3S/c17-13-7-5-12(6-8-13)11-22(19,20)18-15-9-10-21-16-4-2-1-3-14(15)16/h1-8,15,18H,9-11H2. The number of ether oxygens (including phenoxy) is 1. The van der Waals surface area contributed by atoms with Gasteiger partial charge in [0.15, 0.2) is 0 Å². The highest BCUT2D eigenvalue weighted by molar-refractivity contribution is 7.88. The number of rotatable bonds is 4. The van der Waals surface area contributed by atoms with E-state index in [-0.39, 0.29) is 17.6 Å². The molecule has 3 rings (SSSR count). The fourth-order valence-corrected chi connectivity index (χ4v) is 3.92. The Morgan fingerprint density at radius 3 is 2.64 bits per heavy atom. The van der Waals surface area contributed by atoms with Crippen molar-refractivity contribution in [2.45, 2.75) is 18.2 Å². The van der Waals surface area contributed by atoms with Gasteiger partial charge in [0.25, 0.3) is 0 Å². The van der Waals surface area contributed by atoms with Crippen molar-refractivity contribution < 1.29 is 17.5 Å². The lowest BCUT2D eigenvalue weighted by Gasteiger charge is -2.26. The first-order valence-corrected chi connectivity index (χ1v) is 8.65. The van der Waals surface area contributed by atoms with Crippen molar-refractivity contribution in [3.63, 3.8) is 0 Å². The Balaban J connectivity index is 1.76. The minimum absolute atomic E-state index is 0.174. The van der Waals surface area contributed by atoms with Crippen molar-refractivity contribution in [1.82, 2.24) is 4.72 Å². The third-order valence-corrected chi connectivity index (χ3v) is 4.91. The molecule has 0 bridgehead atoms. The zero-order valence-electron chi connectivity index (χ0n) is 11.8. The Bertz CT molecular complexity index is 759. The van der Waals surface area contributed by atoms with Crippen LogP contribution in [0, 0.1) is 5.82 Å². The molecule has 0 aliphatic carbocycles. The number of para-hydroxylation sites is 1. The predicted octanol–water partition coefficient (Wildman–Crippen LogP) is 2.77. The minimum atomic E-state index is -3.52. The summed E-state index contributed by atoms with van der Waals surface area (Å²) in [6, 6.07) is 12.6. The van der Waals surface area contributed by atoms with Crippen molar-refractivity contribution in [3.05, 3.63) is 65.5 Å². The van der Waals surface area contributed by atoms with Crippen molar-refractivity contribution in [3.8, 4) is 5.75 Å². The molecule has 1 aliphatic rings. The lowest BCUT2D eigenvalue weighted by atomic mass is 10.0. The number of benzene rings is 2. The molecular formula is C16H16FNO3S. The fourth-order valence-electron chi connectivity index (χ4n) is 2.52. The van der Waals surface area contributed by atoms with Gasteiger partial charge in [-0.1, -0.05) is 30.3 Å². The largest absolute Gasteiger partial charge is 0.493 e. The quantitative estimate of drug-likeness (QED) is 0.942. The first-order chi connectivity index (χ1) is 10.5. The molecule has 1 unspecified atom stereocenters. The lowest BCUT2D eigenvalue weighted by Crippen LogP contribution is -2.33. The monoisotopic (exact) mass is 321 g/mol. The number of halogens is 1. The van der Waals surface area contributed by atoms with Gasteiger partial charge in [-0.3, -0.25) is 0 Å². The molecule has 1 aliphatic heterocycles. The molecule has 22 heavy (non-hydrogen) atoms. The maximum absolute atomic E-state index is 12.9. The van der Waals surface area contributed by atoms with E-state index in [1.54, 1.807) is 0 Å². The highest BCUT2D eigenvalue weighted by atomic mass is 32.2. The number of nitrogens with one attached hydrogen (secondary N) is 1. The average molecular weight is 321 g/mol. The van der Waals surface area contributed by atoms with Gasteiger partial charge in [0, 0.05) is 12.0 Å². The summed E-state index contributed by atoms with van der Waals surface area (Å²) in [7, 11) is -3.52. The molecule has 6 heteroatoms. The van der Waals surface area contributed by atoms with Gasteiger partial charge in [-0.2, -0.15) is 0 Å². The molecule has 0 fully saturated rings. The van der Waals surface area contributed by atoms with Gasteiger partial charge in [-0.05, 0) is 23.8 Å². The first kappa shape index (κ1) is 15.0. The SMILES string of the molecule is O=S(=O)(Cc1ccc(F)cc1)NC1CCOc2ccccc21. The summed E-state index contributed by atoms with van der Waals surface area (Å²) in [5.74, 6) is 0.156. The smallest absolute Gasteiger partial charge is 0.216 e. The highest BCUT2D eigenvalue weighted by Gasteiger charge is 2.25. The second-order valence-electron chi connectivity index (χ2n) is 5.23. The summed E-state index contributed by atoms with van der Waals surface area (Å²) in [4.78, 5) is 0. The fraction of sp³-hybridized carbons (Fsp3) is 0.250. The van der Waals surface area contributed by atoms with E-state index < -0.39 is 10.0 Å². The maximum atomic E-state index is 12.9. The number of sulfonamides is 1. The van der Waals surface area contributed by atoms with Crippen LogP contribution in [0.3, 0.4) is 0 Å². The van der Waals surface area contributed by atoms with Crippen LogP contribution in [0.25, 0.3) is 0 Å². The summed E-state index contributed by atoms with van der Waals surface area (Å²) in [6.07, 6.45) is 0.583. The van der Waals surface area contributed by atoms with Crippen molar-refractivity contribution in [2.24, 2.45) is 0 Å². The Hall–Kier alpha value is -1.92. The van der Waals surface area contributed by atoms with E-state index in [2.05, 4.69) is 4.72 Å². The summed E-state index contributed by atoms with van der Waals surface area (Å²) in [5, 5.41) is 0. The number of hydrogen-bond donors (Lipinski definition) is 1. The molecule has 0 aromatic heterocycles. The van der Waals surface area contributed by atoms with Gasteiger partial charge in [0.05, 0.1) is 18.4 Å². The zero-order chi connectivity index (χ0) is 15.6. The summed E-state index contributed by atoms with van der Waals surface area (Å²) in [5.41, 5.74) is 1.39. The molecule has 116 valence electrons. The van der Waals surface area contributed by atoms with Crippen LogP contribution < -0.4 is 9.46 Å². The van der Waals surface area contributed by atoms with Crippen LogP contribution in [-0.4, -0.2) is 15.0 Å². The molecule has 1 N–H and O–H groups in total. The van der Waals surface area contributed by atoms with E-state index in [1.807, 2.05) is 24.3 Å². The van der Waals surface area contributed by atoms with E-state index >= 15 is 0 Å². The molecule has 0 spiro atoms. The topological polar surface area (TPSA) is 55.4 Å². The van der Waals surface area contributed by atoms with Crippen LogP contribution in [0.1, 0.15) is 23.6 Å². The molecule has 0 amide bonds. The van der Waals surface area contributed by atoms with Gasteiger partial charge < -0.3 is 4.74 Å². The predicted molar refractivity (Wildman–Crippen MR) is 81.5 cm³/mol. The molecule has 0 radical (unpaired) electrons. The van der Waals surface area contributed by atoms with Crippen LogP contribution in [0.15, 0.2) is 48.5 Å². The van der Waals surface area contributed by atoms with E-state index in [0.29, 0.717) is 24.3 Å². The molecule has 2 aromatic rings. The highest BCUT2D eigenvalue weighted by Crippen LogP contribution is 2.32. The van der Waals surface area contributed by atoms with Gasteiger partial charge in [0.2, 0.25) is 10.0 Å². The lowest BCUT2D eigenvalue weighted by molar-refractivity contribution is 0.263. The van der Waals surface area contributed by atoms with Crippen LogP contribution in [0.5, 0.6) is 5.75 Å². The second-order valence-corrected chi connectivity index (χ2v) is 6.98. The van der Waals surface area contributed by atoms with Crippen molar-refractivity contribution >= 4 is 10.0 Å². The Labute approximate surface area is 129 Å². The summed E-state index contributed by atoms with van der Waals surface area (Å²) < 4.78 is 45.7. The first-order valence-electron chi connectivity index (χ1n) is 7.00. The zero-order valence-corrected chi connectivity index (χ0v) is 12.6. The minimum Gasteiger partial charge on any atom is -0.493 e. The van der Waals surface area contributed by atoms with Crippen LogP contribution in [-0.2, 0) is 15.8 Å². The van der Waals surface area contributed by atoms with E-state index in [1.165, 1.54) is 24.3 Å². The molecule has 1 heterocycles. The van der Waals surface area contributed by atoms with Crippen LogP contribution in [0.2, 0.25) is 0 Å². The molecule has 0 saturated heterocycles. The summed E-state index contributed by atoms with van der Waals surface area (Å²) in [6.45, 7) is 0.473. The number of hydrogen-bond acceptors (Lipinski definition) is 3. The Morgan fingerprint density at radius 2 is 1.86 bits per heavy atom. The second kappa shape index (κ2) is 6.06. The molecular weight excluding hydrogens is 305 g/mol. The van der Waals surface area contributed by atoms with Gasteiger partial charge in [-0.15, -0.1) is 0 Å². The van der Waals surface area contributed by atoms with Crippen LogP contribution >= 0.6 is 0 Å². The Morgan fingerprint density at radius 1 is 1.14 bits per heavy atom. The average Bonchev–Trinajstić information content (AvgIpc) is 2.49. The van der Waals surface area contributed by atoms with E-state index in [0.717, 1.165) is 5.56 Å². The third kappa shape index (κ3) is 3.45. The summed E-state index contributed by atoms with van der Waals surface area (Å²) >= 11 is 0. The van der Waals surface area contributed by atoms with Gasteiger partial charge >= 0.3 is 0 Å². The Kier molecular flexibility index (Phi) is 4.13. The molecule has 4 nitrogen and oxygen atoms in total. The van der Waals surface area contributed by atoms with Gasteiger partial charge in [0.1, 0.15) is 11.6 Å². The van der Waals surface area contributed by atoms with E-state index in [4.69, 9.17) is 4.74 Å². The third-order valence-electron chi connectivity index (χ3n) is 3.55. The molecule has 0 saturated carbocycles. The van der Waals surface area contributed by atoms with E-state index in [9.17, 15) is 12.8 Å². The molecule has 2 aromatic carbocycles. The van der Waals surface area contributed by atoms with Crippen molar-refractivity contribution in [1.29, 1.82) is 0 Å². The maximum Gasteiger partial charge on any atom is 0.216 e. The van der Waals surface area contributed by atoms with Gasteiger partial charge in [-0.25, -0.2) is 17.5 Å².